The molecule has 112 valence electrons. The van der Waals surface area contributed by atoms with Crippen LogP contribution in [0.3, 0.4) is 0 Å². The minimum absolute atomic E-state index is 0.0160. The Balaban J connectivity index is 1.91. The van der Waals surface area contributed by atoms with Gasteiger partial charge >= 0.3 is 0 Å². The van der Waals surface area contributed by atoms with Crippen molar-refractivity contribution in [2.75, 3.05) is 16.8 Å². The zero-order chi connectivity index (χ0) is 15.7. The SMILES string of the molecule is O=C1CN(C(=O)Cc2c(Cl)cccc2Cl)c2ccccc2N1. The van der Waals surface area contributed by atoms with E-state index in [1.165, 1.54) is 4.90 Å². The molecular weight excluding hydrogens is 323 g/mol. The van der Waals surface area contributed by atoms with E-state index in [1.54, 1.807) is 36.4 Å². The van der Waals surface area contributed by atoms with Gasteiger partial charge in [0.2, 0.25) is 11.8 Å². The van der Waals surface area contributed by atoms with Gasteiger partial charge in [0.05, 0.1) is 17.8 Å². The standard InChI is InChI=1S/C16H12Cl2N2O2/c17-11-4-3-5-12(18)10(11)8-16(22)20-9-15(21)19-13-6-1-2-7-14(13)20/h1-7H,8-9H2,(H,19,21). The van der Waals surface area contributed by atoms with Crippen LogP contribution < -0.4 is 10.2 Å². The van der Waals surface area contributed by atoms with E-state index in [0.717, 1.165) is 0 Å². The number of carbonyl (C=O) groups is 2. The summed E-state index contributed by atoms with van der Waals surface area (Å²) in [5.74, 6) is -0.449. The van der Waals surface area contributed by atoms with E-state index in [0.29, 0.717) is 27.0 Å². The van der Waals surface area contributed by atoms with E-state index in [4.69, 9.17) is 23.2 Å². The normalized spacial score (nSPS) is 13.5. The van der Waals surface area contributed by atoms with Gasteiger partial charge in [-0.05, 0) is 29.8 Å². The van der Waals surface area contributed by atoms with E-state index in [9.17, 15) is 9.59 Å². The predicted octanol–water partition coefficient (Wildman–Crippen LogP) is 3.52. The van der Waals surface area contributed by atoms with Gasteiger partial charge in [-0.3, -0.25) is 9.59 Å². The summed E-state index contributed by atoms with van der Waals surface area (Å²) in [7, 11) is 0. The van der Waals surface area contributed by atoms with Crippen molar-refractivity contribution in [2.45, 2.75) is 6.42 Å². The average Bonchev–Trinajstić information content (AvgIpc) is 2.50. The molecule has 1 N–H and O–H groups in total. The van der Waals surface area contributed by atoms with Crippen molar-refractivity contribution in [1.29, 1.82) is 0 Å². The number of fused-ring (bicyclic) bond motifs is 1. The number of nitrogens with zero attached hydrogens (tertiary/aromatic N) is 1. The van der Waals surface area contributed by atoms with Crippen LogP contribution in [0.15, 0.2) is 42.5 Å². The van der Waals surface area contributed by atoms with E-state index in [-0.39, 0.29) is 24.8 Å². The van der Waals surface area contributed by atoms with Gasteiger partial charge in [0.25, 0.3) is 0 Å². The maximum atomic E-state index is 12.6. The van der Waals surface area contributed by atoms with Gasteiger partial charge in [0.1, 0.15) is 6.54 Å². The molecule has 22 heavy (non-hydrogen) atoms. The largest absolute Gasteiger partial charge is 0.323 e. The third-order valence-electron chi connectivity index (χ3n) is 3.46. The third kappa shape index (κ3) is 2.80. The third-order valence-corrected chi connectivity index (χ3v) is 4.17. The van der Waals surface area contributed by atoms with Crippen molar-refractivity contribution in [2.24, 2.45) is 0 Å². The number of halogens is 2. The van der Waals surface area contributed by atoms with Crippen molar-refractivity contribution in [1.82, 2.24) is 0 Å². The highest BCUT2D eigenvalue weighted by atomic mass is 35.5. The second kappa shape index (κ2) is 5.99. The molecule has 6 heteroatoms. The zero-order valence-electron chi connectivity index (χ0n) is 11.5. The van der Waals surface area contributed by atoms with E-state index in [2.05, 4.69) is 5.32 Å². The summed E-state index contributed by atoms with van der Waals surface area (Å²) in [4.78, 5) is 25.8. The molecule has 0 fully saturated rings. The van der Waals surface area contributed by atoms with Crippen molar-refractivity contribution in [3.63, 3.8) is 0 Å². The lowest BCUT2D eigenvalue weighted by molar-refractivity contribution is -0.121. The van der Waals surface area contributed by atoms with Gasteiger partial charge in [-0.2, -0.15) is 0 Å². The van der Waals surface area contributed by atoms with Crippen LogP contribution in [0.1, 0.15) is 5.56 Å². The minimum atomic E-state index is -0.225. The molecule has 2 aromatic rings. The molecule has 0 saturated heterocycles. The van der Waals surface area contributed by atoms with Crippen LogP contribution in [0.25, 0.3) is 0 Å². The summed E-state index contributed by atoms with van der Waals surface area (Å²) >= 11 is 12.2. The first-order valence-corrected chi connectivity index (χ1v) is 7.44. The summed E-state index contributed by atoms with van der Waals surface area (Å²) in [6, 6.07) is 12.3. The average molecular weight is 335 g/mol. The zero-order valence-corrected chi connectivity index (χ0v) is 13.0. The molecule has 0 unspecified atom stereocenters. The lowest BCUT2D eigenvalue weighted by Gasteiger charge is -2.29. The second-order valence-electron chi connectivity index (χ2n) is 4.92. The Labute approximate surface area is 137 Å². The molecule has 2 aromatic carbocycles. The molecule has 0 bridgehead atoms. The summed E-state index contributed by atoms with van der Waals surface area (Å²) in [6.07, 6.45) is 0.0418. The van der Waals surface area contributed by atoms with Crippen LogP contribution in [0.5, 0.6) is 0 Å². The van der Waals surface area contributed by atoms with Crippen LogP contribution in [0.4, 0.5) is 11.4 Å². The second-order valence-corrected chi connectivity index (χ2v) is 5.74. The molecule has 1 aliphatic heterocycles. The monoisotopic (exact) mass is 334 g/mol. The molecule has 0 saturated carbocycles. The minimum Gasteiger partial charge on any atom is -0.323 e. The van der Waals surface area contributed by atoms with Gasteiger partial charge in [-0.15, -0.1) is 0 Å². The number of hydrogen-bond donors (Lipinski definition) is 1. The van der Waals surface area contributed by atoms with Crippen molar-refractivity contribution in [3.05, 3.63) is 58.1 Å². The molecule has 1 heterocycles. The van der Waals surface area contributed by atoms with Gasteiger partial charge < -0.3 is 10.2 Å². The van der Waals surface area contributed by atoms with Gasteiger partial charge in [-0.25, -0.2) is 0 Å². The first-order valence-electron chi connectivity index (χ1n) is 6.68. The Morgan fingerprint density at radius 1 is 1.09 bits per heavy atom. The van der Waals surface area contributed by atoms with Crippen molar-refractivity contribution in [3.8, 4) is 0 Å². The molecule has 0 radical (unpaired) electrons. The molecule has 0 spiro atoms. The van der Waals surface area contributed by atoms with Crippen LogP contribution >= 0.6 is 23.2 Å². The molecular formula is C16H12Cl2N2O2. The highest BCUT2D eigenvalue weighted by Crippen LogP contribution is 2.31. The highest BCUT2D eigenvalue weighted by molar-refractivity contribution is 6.36. The lowest BCUT2D eigenvalue weighted by atomic mass is 10.1. The molecule has 1 aliphatic rings. The summed E-state index contributed by atoms with van der Waals surface area (Å²) < 4.78 is 0. The molecule has 0 aromatic heterocycles. The molecule has 2 amide bonds. The quantitative estimate of drug-likeness (QED) is 0.913. The number of nitrogens with one attached hydrogen (secondary N) is 1. The van der Waals surface area contributed by atoms with Gasteiger partial charge in [0.15, 0.2) is 0 Å². The van der Waals surface area contributed by atoms with Gasteiger partial charge in [-0.1, -0.05) is 41.4 Å². The highest BCUT2D eigenvalue weighted by Gasteiger charge is 2.27. The van der Waals surface area contributed by atoms with E-state index < -0.39 is 0 Å². The number of benzene rings is 2. The van der Waals surface area contributed by atoms with Crippen LogP contribution in [-0.2, 0) is 16.0 Å². The Kier molecular flexibility index (Phi) is 4.05. The molecule has 4 nitrogen and oxygen atoms in total. The first-order chi connectivity index (χ1) is 10.6. The Morgan fingerprint density at radius 3 is 2.50 bits per heavy atom. The van der Waals surface area contributed by atoms with Crippen molar-refractivity contribution < 1.29 is 9.59 Å². The smallest absolute Gasteiger partial charge is 0.244 e. The first kappa shape index (κ1) is 14.9. The number of rotatable bonds is 2. The lowest BCUT2D eigenvalue weighted by Crippen LogP contribution is -2.42. The van der Waals surface area contributed by atoms with Crippen LogP contribution in [-0.4, -0.2) is 18.4 Å². The fourth-order valence-electron chi connectivity index (χ4n) is 2.40. The fourth-order valence-corrected chi connectivity index (χ4v) is 2.93. The predicted molar refractivity (Wildman–Crippen MR) is 87.6 cm³/mol. The summed E-state index contributed by atoms with van der Waals surface area (Å²) in [6.45, 7) is -0.0160. The van der Waals surface area contributed by atoms with Crippen LogP contribution in [0.2, 0.25) is 10.0 Å². The maximum Gasteiger partial charge on any atom is 0.244 e. The summed E-state index contributed by atoms with van der Waals surface area (Å²) in [5, 5.41) is 3.63. The number of anilines is 2. The topological polar surface area (TPSA) is 49.4 Å². The van der Waals surface area contributed by atoms with Gasteiger partial charge in [0, 0.05) is 10.0 Å². The maximum absolute atomic E-state index is 12.6. The Morgan fingerprint density at radius 2 is 1.77 bits per heavy atom. The van der Waals surface area contributed by atoms with Crippen LogP contribution in [0, 0.1) is 0 Å². The number of para-hydroxylation sites is 2. The molecule has 3 rings (SSSR count). The molecule has 0 aliphatic carbocycles. The Bertz CT molecular complexity index is 741. The fraction of sp³-hybridized carbons (Fsp3) is 0.125. The van der Waals surface area contributed by atoms with E-state index in [1.807, 2.05) is 6.07 Å². The Hall–Kier alpha value is -2.04. The van der Waals surface area contributed by atoms with Crippen molar-refractivity contribution >= 4 is 46.4 Å². The van der Waals surface area contributed by atoms with E-state index >= 15 is 0 Å². The number of amides is 2. The number of carbonyl (C=O) groups excluding carboxylic acids is 2. The molecule has 0 atom stereocenters. The summed E-state index contributed by atoms with van der Waals surface area (Å²) in [5.41, 5.74) is 1.87. The number of hydrogen-bond acceptors (Lipinski definition) is 2.